The number of rotatable bonds is 5. The van der Waals surface area contributed by atoms with Crippen LogP contribution in [0.5, 0.6) is 5.75 Å². The molecule has 0 aliphatic carbocycles. The summed E-state index contributed by atoms with van der Waals surface area (Å²) in [7, 11) is 0. The van der Waals surface area contributed by atoms with Crippen molar-refractivity contribution in [2.75, 3.05) is 37.8 Å². The van der Waals surface area contributed by atoms with Crippen LogP contribution in [0.2, 0.25) is 0 Å². The molecule has 3 heterocycles. The number of aliphatic hydroxyl groups is 1. The average molecular weight is 366 g/mol. The highest BCUT2D eigenvalue weighted by molar-refractivity contribution is 5.86. The highest BCUT2D eigenvalue weighted by Gasteiger charge is 2.19. The van der Waals surface area contributed by atoms with Crippen LogP contribution < -0.4 is 4.90 Å². The SMILES string of the molecule is OCCc1cnc2c(N3CCOCC3)nc(Cc3cccc(O)c3)nc2c1. The fraction of sp³-hybridized carbons (Fsp3) is 0.350. The van der Waals surface area contributed by atoms with Crippen LogP contribution in [0.3, 0.4) is 0 Å². The number of nitrogens with zero attached hydrogens (tertiary/aromatic N) is 4. The predicted octanol–water partition coefficient (Wildman–Crippen LogP) is 1.69. The maximum Gasteiger partial charge on any atom is 0.159 e. The van der Waals surface area contributed by atoms with E-state index >= 15 is 0 Å². The van der Waals surface area contributed by atoms with Gasteiger partial charge < -0.3 is 19.8 Å². The monoisotopic (exact) mass is 366 g/mol. The molecule has 0 spiro atoms. The molecule has 2 aromatic heterocycles. The number of aromatic hydroxyl groups is 1. The number of pyridine rings is 1. The van der Waals surface area contributed by atoms with Crippen molar-refractivity contribution in [3.8, 4) is 5.75 Å². The van der Waals surface area contributed by atoms with Crippen LogP contribution in [0.25, 0.3) is 11.0 Å². The molecule has 1 saturated heterocycles. The lowest BCUT2D eigenvalue weighted by Gasteiger charge is -2.28. The molecular formula is C20H22N4O3. The summed E-state index contributed by atoms with van der Waals surface area (Å²) in [6.07, 6.45) is 2.84. The number of phenolic OH excluding ortho intramolecular Hbond substituents is 1. The molecule has 0 unspecified atom stereocenters. The topological polar surface area (TPSA) is 91.6 Å². The summed E-state index contributed by atoms with van der Waals surface area (Å²) in [6.45, 7) is 2.92. The summed E-state index contributed by atoms with van der Waals surface area (Å²) in [6, 6.07) is 9.10. The third kappa shape index (κ3) is 3.99. The summed E-state index contributed by atoms with van der Waals surface area (Å²) < 4.78 is 5.46. The van der Waals surface area contributed by atoms with E-state index in [4.69, 9.17) is 14.7 Å². The highest BCUT2D eigenvalue weighted by Crippen LogP contribution is 2.25. The lowest BCUT2D eigenvalue weighted by Crippen LogP contribution is -2.37. The van der Waals surface area contributed by atoms with E-state index < -0.39 is 0 Å². The zero-order valence-corrected chi connectivity index (χ0v) is 15.0. The second-order valence-electron chi connectivity index (χ2n) is 6.59. The van der Waals surface area contributed by atoms with Crippen molar-refractivity contribution in [1.82, 2.24) is 15.0 Å². The number of hydrogen-bond donors (Lipinski definition) is 2. The molecule has 1 aromatic carbocycles. The lowest BCUT2D eigenvalue weighted by molar-refractivity contribution is 0.122. The first-order valence-corrected chi connectivity index (χ1v) is 9.10. The molecule has 0 radical (unpaired) electrons. The first-order valence-electron chi connectivity index (χ1n) is 9.10. The quantitative estimate of drug-likeness (QED) is 0.710. The van der Waals surface area contributed by atoms with Gasteiger partial charge in [0.2, 0.25) is 0 Å². The van der Waals surface area contributed by atoms with Crippen LogP contribution in [-0.2, 0) is 17.6 Å². The molecule has 1 fully saturated rings. The van der Waals surface area contributed by atoms with E-state index in [1.54, 1.807) is 18.3 Å². The first-order chi connectivity index (χ1) is 13.2. The zero-order valence-electron chi connectivity index (χ0n) is 15.0. The van der Waals surface area contributed by atoms with Crippen LogP contribution in [0.1, 0.15) is 17.0 Å². The van der Waals surface area contributed by atoms with Gasteiger partial charge in [0.15, 0.2) is 5.82 Å². The minimum Gasteiger partial charge on any atom is -0.508 e. The third-order valence-electron chi connectivity index (χ3n) is 4.60. The Balaban J connectivity index is 1.77. The molecule has 4 rings (SSSR count). The number of phenols is 1. The van der Waals surface area contributed by atoms with Gasteiger partial charge in [-0.15, -0.1) is 0 Å². The van der Waals surface area contributed by atoms with Gasteiger partial charge in [0.1, 0.15) is 17.1 Å². The smallest absolute Gasteiger partial charge is 0.159 e. The summed E-state index contributed by atoms with van der Waals surface area (Å²) >= 11 is 0. The summed E-state index contributed by atoms with van der Waals surface area (Å²) in [5.41, 5.74) is 3.42. The van der Waals surface area contributed by atoms with Crippen molar-refractivity contribution >= 4 is 16.9 Å². The van der Waals surface area contributed by atoms with Gasteiger partial charge in [-0.3, -0.25) is 4.98 Å². The lowest BCUT2D eigenvalue weighted by atomic mass is 10.1. The van der Waals surface area contributed by atoms with Gasteiger partial charge in [0.05, 0.1) is 18.7 Å². The standard InChI is InChI=1S/C20H22N4O3/c25-7-4-15-11-17-19(21-13-15)20(24-5-8-27-9-6-24)23-18(22-17)12-14-2-1-3-16(26)10-14/h1-3,10-11,13,25-26H,4-9,12H2. The molecule has 7 heteroatoms. The fourth-order valence-corrected chi connectivity index (χ4v) is 3.28. The van der Waals surface area contributed by atoms with E-state index in [0.717, 1.165) is 41.1 Å². The predicted molar refractivity (Wildman–Crippen MR) is 102 cm³/mol. The second-order valence-corrected chi connectivity index (χ2v) is 6.59. The zero-order chi connectivity index (χ0) is 18.6. The Bertz CT molecular complexity index is 942. The molecule has 1 aliphatic rings. The Hall–Kier alpha value is -2.77. The van der Waals surface area contributed by atoms with Crippen molar-refractivity contribution in [3.63, 3.8) is 0 Å². The normalized spacial score (nSPS) is 14.6. The Kier molecular flexibility index (Phi) is 5.13. The van der Waals surface area contributed by atoms with Crippen molar-refractivity contribution in [2.45, 2.75) is 12.8 Å². The number of morpholine rings is 1. The summed E-state index contributed by atoms with van der Waals surface area (Å²) in [5, 5.41) is 18.9. The molecule has 1 aliphatic heterocycles. The van der Waals surface area contributed by atoms with Gasteiger partial charge in [-0.05, 0) is 35.7 Å². The van der Waals surface area contributed by atoms with Gasteiger partial charge in [-0.2, -0.15) is 0 Å². The fourth-order valence-electron chi connectivity index (χ4n) is 3.28. The average Bonchev–Trinajstić information content (AvgIpc) is 2.68. The molecule has 140 valence electrons. The van der Waals surface area contributed by atoms with Crippen LogP contribution in [-0.4, -0.2) is 58.1 Å². The van der Waals surface area contributed by atoms with Crippen molar-refractivity contribution in [1.29, 1.82) is 0 Å². The van der Waals surface area contributed by atoms with Crippen LogP contribution >= 0.6 is 0 Å². The molecule has 0 bridgehead atoms. The van der Waals surface area contributed by atoms with E-state index in [2.05, 4.69) is 9.88 Å². The number of hydrogen-bond acceptors (Lipinski definition) is 7. The van der Waals surface area contributed by atoms with Gasteiger partial charge in [-0.25, -0.2) is 9.97 Å². The number of benzene rings is 1. The van der Waals surface area contributed by atoms with Crippen LogP contribution in [0.15, 0.2) is 36.5 Å². The third-order valence-corrected chi connectivity index (χ3v) is 4.60. The molecule has 7 nitrogen and oxygen atoms in total. The number of aliphatic hydroxyl groups excluding tert-OH is 1. The number of anilines is 1. The molecule has 0 saturated carbocycles. The van der Waals surface area contributed by atoms with Gasteiger partial charge >= 0.3 is 0 Å². The van der Waals surface area contributed by atoms with E-state index in [0.29, 0.717) is 31.9 Å². The first kappa shape index (κ1) is 17.6. The van der Waals surface area contributed by atoms with Crippen molar-refractivity contribution < 1.29 is 14.9 Å². The van der Waals surface area contributed by atoms with Gasteiger partial charge in [0.25, 0.3) is 0 Å². The maximum atomic E-state index is 9.72. The minimum absolute atomic E-state index is 0.0741. The Morgan fingerprint density at radius 3 is 2.70 bits per heavy atom. The number of fused-ring (bicyclic) bond motifs is 1. The highest BCUT2D eigenvalue weighted by atomic mass is 16.5. The van der Waals surface area contributed by atoms with Gasteiger partial charge in [0, 0.05) is 32.3 Å². The Morgan fingerprint density at radius 2 is 1.93 bits per heavy atom. The Morgan fingerprint density at radius 1 is 1.07 bits per heavy atom. The molecule has 0 atom stereocenters. The number of aromatic nitrogens is 3. The number of ether oxygens (including phenoxy) is 1. The van der Waals surface area contributed by atoms with E-state index in [9.17, 15) is 10.2 Å². The summed E-state index contributed by atoms with van der Waals surface area (Å²) in [5.74, 6) is 1.72. The largest absolute Gasteiger partial charge is 0.508 e. The van der Waals surface area contributed by atoms with E-state index in [1.807, 2.05) is 18.2 Å². The second kappa shape index (κ2) is 7.85. The molecule has 0 amide bonds. The van der Waals surface area contributed by atoms with Crippen molar-refractivity contribution in [2.24, 2.45) is 0 Å². The van der Waals surface area contributed by atoms with Crippen molar-refractivity contribution in [3.05, 3.63) is 53.5 Å². The minimum atomic E-state index is 0.0741. The molecule has 2 N–H and O–H groups in total. The van der Waals surface area contributed by atoms with Crippen LogP contribution in [0.4, 0.5) is 5.82 Å². The molecular weight excluding hydrogens is 344 g/mol. The molecule has 3 aromatic rings. The van der Waals surface area contributed by atoms with E-state index in [1.165, 1.54) is 0 Å². The Labute approximate surface area is 157 Å². The van der Waals surface area contributed by atoms with Gasteiger partial charge in [-0.1, -0.05) is 12.1 Å². The van der Waals surface area contributed by atoms with Crippen LogP contribution in [0, 0.1) is 0 Å². The maximum absolute atomic E-state index is 9.72. The summed E-state index contributed by atoms with van der Waals surface area (Å²) in [4.78, 5) is 16.3. The van der Waals surface area contributed by atoms with E-state index in [-0.39, 0.29) is 12.4 Å². The molecule has 27 heavy (non-hydrogen) atoms.